The van der Waals surface area contributed by atoms with Gasteiger partial charge in [0.1, 0.15) is 0 Å². The molecule has 1 aliphatic heterocycles. The van der Waals surface area contributed by atoms with E-state index < -0.39 is 0 Å². The number of rotatable bonds is 3. The summed E-state index contributed by atoms with van der Waals surface area (Å²) < 4.78 is 1.66. The molecule has 22 heavy (non-hydrogen) atoms. The minimum Gasteiger partial charge on any atom is -0.335 e. The van der Waals surface area contributed by atoms with Crippen molar-refractivity contribution in [2.45, 2.75) is 38.8 Å². The van der Waals surface area contributed by atoms with E-state index in [1.165, 1.54) is 6.42 Å². The van der Waals surface area contributed by atoms with E-state index in [9.17, 15) is 4.79 Å². The molecule has 3 rings (SSSR count). The van der Waals surface area contributed by atoms with Gasteiger partial charge in [0.2, 0.25) is 0 Å². The highest BCUT2D eigenvalue weighted by Crippen LogP contribution is 2.19. The summed E-state index contributed by atoms with van der Waals surface area (Å²) >= 11 is 6.15. The maximum Gasteiger partial charge on any atom is 0.276 e. The van der Waals surface area contributed by atoms with Gasteiger partial charge in [0.25, 0.3) is 5.91 Å². The number of benzene rings is 1. The minimum atomic E-state index is -0.0300. The molecule has 0 N–H and O–H groups in total. The number of likely N-dealkylation sites (tertiary alicyclic amines) is 1. The SMILES string of the molecule is C[C@H]1CCCCN1C(=O)c1cn(Cc2ccccc2Cl)nn1. The Morgan fingerprint density at radius 1 is 1.36 bits per heavy atom. The third-order valence-corrected chi connectivity index (χ3v) is 4.48. The third kappa shape index (κ3) is 3.14. The van der Waals surface area contributed by atoms with Crippen molar-refractivity contribution in [1.29, 1.82) is 0 Å². The molecule has 0 radical (unpaired) electrons. The fourth-order valence-electron chi connectivity index (χ4n) is 2.82. The molecule has 1 fully saturated rings. The largest absolute Gasteiger partial charge is 0.335 e. The van der Waals surface area contributed by atoms with E-state index in [0.717, 1.165) is 24.9 Å². The summed E-state index contributed by atoms with van der Waals surface area (Å²) in [4.78, 5) is 14.4. The zero-order valence-corrected chi connectivity index (χ0v) is 13.3. The molecule has 2 aromatic rings. The van der Waals surface area contributed by atoms with E-state index in [2.05, 4.69) is 17.2 Å². The molecule has 1 aliphatic rings. The van der Waals surface area contributed by atoms with Crippen LogP contribution in [0.5, 0.6) is 0 Å². The number of amides is 1. The number of carbonyl (C=O) groups is 1. The van der Waals surface area contributed by atoms with E-state index in [-0.39, 0.29) is 11.9 Å². The normalized spacial score (nSPS) is 18.5. The van der Waals surface area contributed by atoms with Crippen LogP contribution in [0.2, 0.25) is 5.02 Å². The van der Waals surface area contributed by atoms with Gasteiger partial charge in [0, 0.05) is 17.6 Å². The highest BCUT2D eigenvalue weighted by molar-refractivity contribution is 6.31. The summed E-state index contributed by atoms with van der Waals surface area (Å²) in [5, 5.41) is 8.77. The van der Waals surface area contributed by atoms with Gasteiger partial charge in [-0.15, -0.1) is 5.10 Å². The van der Waals surface area contributed by atoms with E-state index >= 15 is 0 Å². The second-order valence-electron chi connectivity index (χ2n) is 5.74. The predicted molar refractivity (Wildman–Crippen MR) is 84.9 cm³/mol. The second kappa shape index (κ2) is 6.48. The van der Waals surface area contributed by atoms with Gasteiger partial charge in [-0.05, 0) is 37.8 Å². The molecule has 2 heterocycles. The van der Waals surface area contributed by atoms with Crippen LogP contribution in [0.1, 0.15) is 42.2 Å². The molecule has 0 aliphatic carbocycles. The van der Waals surface area contributed by atoms with Crippen LogP contribution in [-0.2, 0) is 6.54 Å². The van der Waals surface area contributed by atoms with Crippen molar-refractivity contribution in [2.24, 2.45) is 0 Å². The Morgan fingerprint density at radius 2 is 2.18 bits per heavy atom. The van der Waals surface area contributed by atoms with Gasteiger partial charge in [0.15, 0.2) is 5.69 Å². The van der Waals surface area contributed by atoms with E-state index in [0.29, 0.717) is 17.3 Å². The Labute approximate surface area is 134 Å². The fraction of sp³-hybridized carbons (Fsp3) is 0.438. The number of aromatic nitrogens is 3. The number of hydrogen-bond acceptors (Lipinski definition) is 3. The molecule has 6 heteroatoms. The summed E-state index contributed by atoms with van der Waals surface area (Å²) in [6.07, 6.45) is 5.00. The standard InChI is InChI=1S/C16H19ClN4O/c1-12-6-4-5-9-21(12)16(22)15-11-20(19-18-15)10-13-7-2-3-8-14(13)17/h2-3,7-8,11-12H,4-6,9-10H2,1H3/t12-/m0/s1. The van der Waals surface area contributed by atoms with Crippen molar-refractivity contribution in [3.8, 4) is 0 Å². The van der Waals surface area contributed by atoms with Gasteiger partial charge in [-0.3, -0.25) is 4.79 Å². The highest BCUT2D eigenvalue weighted by atomic mass is 35.5. The van der Waals surface area contributed by atoms with Crippen molar-refractivity contribution >= 4 is 17.5 Å². The van der Waals surface area contributed by atoms with Crippen LogP contribution in [0.15, 0.2) is 30.5 Å². The predicted octanol–water partition coefficient (Wildman–Crippen LogP) is 2.99. The molecule has 1 atom stereocenters. The summed E-state index contributed by atoms with van der Waals surface area (Å²) in [6, 6.07) is 7.88. The lowest BCUT2D eigenvalue weighted by Gasteiger charge is -2.32. The summed E-state index contributed by atoms with van der Waals surface area (Å²) in [7, 11) is 0. The van der Waals surface area contributed by atoms with Gasteiger partial charge < -0.3 is 4.90 Å². The average Bonchev–Trinajstić information content (AvgIpc) is 2.98. The molecular formula is C16H19ClN4O. The maximum absolute atomic E-state index is 12.5. The summed E-state index contributed by atoms with van der Waals surface area (Å²) in [5.41, 5.74) is 1.36. The minimum absolute atomic E-state index is 0.0300. The maximum atomic E-state index is 12.5. The topological polar surface area (TPSA) is 51.0 Å². The van der Waals surface area contributed by atoms with Gasteiger partial charge in [-0.25, -0.2) is 4.68 Å². The molecular weight excluding hydrogens is 300 g/mol. The lowest BCUT2D eigenvalue weighted by atomic mass is 10.0. The smallest absolute Gasteiger partial charge is 0.276 e. The number of nitrogens with zero attached hydrogens (tertiary/aromatic N) is 4. The van der Waals surface area contributed by atoms with Gasteiger partial charge in [-0.1, -0.05) is 35.0 Å². The first-order valence-electron chi connectivity index (χ1n) is 7.59. The molecule has 5 nitrogen and oxygen atoms in total. The van der Waals surface area contributed by atoms with Crippen LogP contribution >= 0.6 is 11.6 Å². The highest BCUT2D eigenvalue weighted by Gasteiger charge is 2.26. The van der Waals surface area contributed by atoms with Crippen LogP contribution in [0.3, 0.4) is 0 Å². The number of carbonyl (C=O) groups excluding carboxylic acids is 1. The Bertz CT molecular complexity index is 670. The van der Waals surface area contributed by atoms with Crippen molar-refractivity contribution in [1.82, 2.24) is 19.9 Å². The Balaban J connectivity index is 1.73. The molecule has 0 bridgehead atoms. The Kier molecular flexibility index (Phi) is 4.43. The van der Waals surface area contributed by atoms with E-state index in [4.69, 9.17) is 11.6 Å². The number of hydrogen-bond donors (Lipinski definition) is 0. The lowest BCUT2D eigenvalue weighted by molar-refractivity contribution is 0.0629. The van der Waals surface area contributed by atoms with Crippen molar-refractivity contribution in [3.05, 3.63) is 46.7 Å². The summed E-state index contributed by atoms with van der Waals surface area (Å²) in [5.74, 6) is -0.0300. The first-order valence-corrected chi connectivity index (χ1v) is 7.97. The molecule has 0 unspecified atom stereocenters. The first-order chi connectivity index (χ1) is 10.6. The van der Waals surface area contributed by atoms with Crippen LogP contribution in [0.4, 0.5) is 0 Å². The molecule has 1 saturated heterocycles. The van der Waals surface area contributed by atoms with Crippen LogP contribution in [0, 0.1) is 0 Å². The van der Waals surface area contributed by atoms with Gasteiger partial charge in [0.05, 0.1) is 12.7 Å². The lowest BCUT2D eigenvalue weighted by Crippen LogP contribution is -2.42. The van der Waals surface area contributed by atoms with Crippen LogP contribution in [-0.4, -0.2) is 38.4 Å². The van der Waals surface area contributed by atoms with Crippen molar-refractivity contribution < 1.29 is 4.79 Å². The van der Waals surface area contributed by atoms with E-state index in [1.54, 1.807) is 10.9 Å². The van der Waals surface area contributed by atoms with Gasteiger partial charge >= 0.3 is 0 Å². The third-order valence-electron chi connectivity index (χ3n) is 4.11. The van der Waals surface area contributed by atoms with E-state index in [1.807, 2.05) is 29.2 Å². The molecule has 1 aromatic carbocycles. The number of piperidine rings is 1. The van der Waals surface area contributed by atoms with Crippen molar-refractivity contribution in [2.75, 3.05) is 6.54 Å². The Morgan fingerprint density at radius 3 is 2.95 bits per heavy atom. The quantitative estimate of drug-likeness (QED) is 0.874. The van der Waals surface area contributed by atoms with Crippen molar-refractivity contribution in [3.63, 3.8) is 0 Å². The Hall–Kier alpha value is -1.88. The average molecular weight is 319 g/mol. The first kappa shape index (κ1) is 15.0. The fourth-order valence-corrected chi connectivity index (χ4v) is 3.02. The second-order valence-corrected chi connectivity index (χ2v) is 6.14. The molecule has 116 valence electrons. The zero-order chi connectivity index (χ0) is 15.5. The zero-order valence-electron chi connectivity index (χ0n) is 12.6. The molecule has 1 aromatic heterocycles. The van der Waals surface area contributed by atoms with Crippen LogP contribution < -0.4 is 0 Å². The molecule has 0 saturated carbocycles. The monoisotopic (exact) mass is 318 g/mol. The van der Waals surface area contributed by atoms with Crippen LogP contribution in [0.25, 0.3) is 0 Å². The molecule has 0 spiro atoms. The number of halogens is 1. The van der Waals surface area contributed by atoms with Gasteiger partial charge in [-0.2, -0.15) is 0 Å². The molecule has 1 amide bonds. The summed E-state index contributed by atoms with van der Waals surface area (Å²) in [6.45, 7) is 3.40.